The molecule has 1 atom stereocenters. The molecular weight excluding hydrogens is 530 g/mol. The first-order chi connectivity index (χ1) is 18.4. The summed E-state index contributed by atoms with van der Waals surface area (Å²) in [6, 6.07) is 7.19. The van der Waals surface area contributed by atoms with E-state index in [0.29, 0.717) is 76.7 Å². The quantitative estimate of drug-likeness (QED) is 0.0777. The summed E-state index contributed by atoms with van der Waals surface area (Å²) in [7, 11) is 3.11. The van der Waals surface area contributed by atoms with Crippen LogP contribution in [-0.2, 0) is 28.5 Å². The van der Waals surface area contributed by atoms with E-state index in [1.165, 1.54) is 10.8 Å². The van der Waals surface area contributed by atoms with Crippen LogP contribution in [0.1, 0.15) is 20.3 Å². The first kappa shape index (κ1) is 34.2. The molecule has 4 N–H and O–H groups in total. The lowest BCUT2D eigenvalue weighted by Gasteiger charge is -2.17. The van der Waals surface area contributed by atoms with Gasteiger partial charge in [0.15, 0.2) is 0 Å². The topological polar surface area (TPSA) is 130 Å². The summed E-state index contributed by atoms with van der Waals surface area (Å²) in [5.41, 5.74) is 5.76. The fourth-order valence-corrected chi connectivity index (χ4v) is 4.27. The Hall–Kier alpha value is -1.80. The number of nitrogens with two attached hydrogens (primary N) is 1. The maximum Gasteiger partial charge on any atom is 0.246 e. The van der Waals surface area contributed by atoms with E-state index in [1.807, 2.05) is 30.5 Å². The number of ether oxygens (including phenoxy) is 5. The van der Waals surface area contributed by atoms with Crippen molar-refractivity contribution >= 4 is 39.1 Å². The van der Waals surface area contributed by atoms with E-state index in [-0.39, 0.29) is 30.3 Å². The highest BCUT2D eigenvalue weighted by Gasteiger charge is 2.12. The van der Waals surface area contributed by atoms with Crippen molar-refractivity contribution in [1.82, 2.24) is 5.32 Å². The zero-order valence-electron chi connectivity index (χ0n) is 22.6. The predicted molar refractivity (Wildman–Crippen MR) is 155 cm³/mol. The fraction of sp³-hybridized carbons (Fsp3) is 0.615. The normalized spacial score (nSPS) is 12.1. The highest BCUT2D eigenvalue weighted by Crippen LogP contribution is 2.26. The molecule has 1 aromatic rings. The second kappa shape index (κ2) is 23.1. The minimum Gasteiger partial charge on any atom is -0.490 e. The molecule has 0 aliphatic rings. The number of carbonyl (C=O) groups excluding carboxylic acids is 2. The molecule has 1 unspecified atom stereocenters. The number of allylic oxidation sites excluding steroid dienone is 1. The molecule has 0 saturated heterocycles. The number of benzene rings is 1. The van der Waals surface area contributed by atoms with Gasteiger partial charge in [0, 0.05) is 24.8 Å². The van der Waals surface area contributed by atoms with Crippen LogP contribution in [0.3, 0.4) is 0 Å². The molecule has 0 fully saturated rings. The summed E-state index contributed by atoms with van der Waals surface area (Å²) >= 11 is 0. The summed E-state index contributed by atoms with van der Waals surface area (Å²) in [4.78, 5) is 23.9. The van der Waals surface area contributed by atoms with Crippen LogP contribution in [0.25, 0.3) is 0 Å². The van der Waals surface area contributed by atoms with Crippen LogP contribution in [0.4, 0.5) is 5.69 Å². The van der Waals surface area contributed by atoms with Gasteiger partial charge in [0.1, 0.15) is 24.4 Å². The minimum atomic E-state index is -0.229. The van der Waals surface area contributed by atoms with Crippen LogP contribution in [0.5, 0.6) is 5.75 Å². The first-order valence-corrected chi connectivity index (χ1v) is 15.3. The summed E-state index contributed by atoms with van der Waals surface area (Å²) in [5, 5.41) is 5.62. The third-order valence-corrected chi connectivity index (χ3v) is 6.42. The lowest BCUT2D eigenvalue weighted by Crippen LogP contribution is -2.28. The molecule has 10 nitrogen and oxygen atoms in total. The monoisotopic (exact) mass is 573 g/mol. The fourth-order valence-electron chi connectivity index (χ4n) is 2.80. The molecule has 0 aliphatic heterocycles. The molecule has 1 aromatic carbocycles. The summed E-state index contributed by atoms with van der Waals surface area (Å²) in [6.07, 6.45) is 6.16. The van der Waals surface area contributed by atoms with Crippen molar-refractivity contribution in [3.63, 3.8) is 0 Å². The Labute approximate surface area is 234 Å². The van der Waals surface area contributed by atoms with Crippen LogP contribution in [0.2, 0.25) is 0 Å². The van der Waals surface area contributed by atoms with Crippen molar-refractivity contribution in [3.05, 3.63) is 36.4 Å². The van der Waals surface area contributed by atoms with Gasteiger partial charge >= 0.3 is 0 Å². The number of anilines is 1. The molecule has 0 bridgehead atoms. The van der Waals surface area contributed by atoms with Crippen molar-refractivity contribution < 1.29 is 33.3 Å². The van der Waals surface area contributed by atoms with Gasteiger partial charge in [0.05, 0.1) is 46.1 Å². The van der Waals surface area contributed by atoms with Crippen molar-refractivity contribution in [2.24, 2.45) is 11.7 Å². The van der Waals surface area contributed by atoms with Crippen molar-refractivity contribution in [2.75, 3.05) is 77.5 Å². The van der Waals surface area contributed by atoms with E-state index >= 15 is 0 Å². The van der Waals surface area contributed by atoms with Gasteiger partial charge in [-0.05, 0) is 24.3 Å². The zero-order chi connectivity index (χ0) is 27.8. The molecule has 2 amide bonds. The second-order valence-corrected chi connectivity index (χ2v) is 10.9. The Morgan fingerprint density at radius 3 is 2.53 bits per heavy atom. The van der Waals surface area contributed by atoms with Gasteiger partial charge in [-0.3, -0.25) is 9.59 Å². The van der Waals surface area contributed by atoms with E-state index < -0.39 is 0 Å². The minimum absolute atomic E-state index is 0.0104. The number of carbonyl (C=O) groups is 2. The largest absolute Gasteiger partial charge is 0.490 e. The average Bonchev–Trinajstić information content (AvgIpc) is 2.89. The number of hydrogen-bond donors (Lipinski definition) is 3. The third-order valence-electron chi connectivity index (χ3n) is 4.52. The summed E-state index contributed by atoms with van der Waals surface area (Å²) in [5.74, 6) is 0.759. The van der Waals surface area contributed by atoms with E-state index in [4.69, 9.17) is 29.4 Å². The standard InChI is InChI=1S/C26H43N3O7S2/c1-21(2)6-5-11-28-25(31)19-34-16-17-35-26(38-37-3)20-36-23-8-4-7-22(18-23)29-24(30)9-12-32-14-15-33-13-10-27/h4-8,18,21,26H,9-17,19-20,27H2,1-3H3,(H,28,31)(H,29,30)/b6-5+. The van der Waals surface area contributed by atoms with Crippen molar-refractivity contribution in [2.45, 2.75) is 25.7 Å². The van der Waals surface area contributed by atoms with Gasteiger partial charge in [-0.1, -0.05) is 53.7 Å². The van der Waals surface area contributed by atoms with E-state index in [0.717, 1.165) is 0 Å². The molecule has 0 radical (unpaired) electrons. The molecule has 1 rings (SSSR count). The van der Waals surface area contributed by atoms with Crippen LogP contribution in [0.15, 0.2) is 36.4 Å². The van der Waals surface area contributed by atoms with Crippen LogP contribution in [-0.4, -0.2) is 89.5 Å². The van der Waals surface area contributed by atoms with Gasteiger partial charge in [-0.15, -0.1) is 0 Å². The molecule has 0 heterocycles. The van der Waals surface area contributed by atoms with E-state index in [2.05, 4.69) is 24.5 Å². The van der Waals surface area contributed by atoms with Gasteiger partial charge in [-0.25, -0.2) is 0 Å². The van der Waals surface area contributed by atoms with Gasteiger partial charge in [0.2, 0.25) is 11.8 Å². The molecule has 38 heavy (non-hydrogen) atoms. The third kappa shape index (κ3) is 19.3. The average molecular weight is 574 g/mol. The molecular formula is C26H43N3O7S2. The lowest BCUT2D eigenvalue weighted by molar-refractivity contribution is -0.126. The molecule has 0 spiro atoms. The Bertz CT molecular complexity index is 800. The SMILES string of the molecule is CSSC(COc1cccc(NC(=O)CCOCCOCCN)c1)OCCOCC(=O)NC/C=C/C(C)C. The van der Waals surface area contributed by atoms with E-state index in [9.17, 15) is 9.59 Å². The smallest absolute Gasteiger partial charge is 0.246 e. The molecule has 0 saturated carbocycles. The van der Waals surface area contributed by atoms with Gasteiger partial charge in [0.25, 0.3) is 0 Å². The van der Waals surface area contributed by atoms with Gasteiger partial charge in [-0.2, -0.15) is 0 Å². The molecule has 0 aliphatic carbocycles. The molecule has 0 aromatic heterocycles. The lowest BCUT2D eigenvalue weighted by atomic mass is 10.2. The number of hydrogen-bond acceptors (Lipinski definition) is 10. The Morgan fingerprint density at radius 2 is 1.79 bits per heavy atom. The molecule has 216 valence electrons. The maximum atomic E-state index is 12.2. The Kier molecular flexibility index (Phi) is 20.8. The first-order valence-electron chi connectivity index (χ1n) is 12.6. The highest BCUT2D eigenvalue weighted by atomic mass is 33.1. The second-order valence-electron chi connectivity index (χ2n) is 8.24. The summed E-state index contributed by atoms with van der Waals surface area (Å²) < 4.78 is 27.7. The number of rotatable bonds is 23. The van der Waals surface area contributed by atoms with E-state index in [1.54, 1.807) is 22.9 Å². The number of amides is 2. The Balaban J connectivity index is 2.27. The Morgan fingerprint density at radius 1 is 1.03 bits per heavy atom. The zero-order valence-corrected chi connectivity index (χ0v) is 24.3. The van der Waals surface area contributed by atoms with Crippen molar-refractivity contribution in [1.29, 1.82) is 0 Å². The number of nitrogens with one attached hydrogen (secondary N) is 2. The predicted octanol–water partition coefficient (Wildman–Crippen LogP) is 3.08. The van der Waals surface area contributed by atoms with Gasteiger partial charge < -0.3 is 40.1 Å². The van der Waals surface area contributed by atoms with Crippen LogP contribution >= 0.6 is 21.6 Å². The molecule has 12 heteroatoms. The van der Waals surface area contributed by atoms with Crippen molar-refractivity contribution in [3.8, 4) is 5.75 Å². The maximum absolute atomic E-state index is 12.2. The van der Waals surface area contributed by atoms with Crippen LogP contribution < -0.4 is 21.1 Å². The van der Waals surface area contributed by atoms with Crippen LogP contribution in [0, 0.1) is 5.92 Å². The summed E-state index contributed by atoms with van der Waals surface area (Å²) in [6.45, 7) is 7.74. The highest BCUT2D eigenvalue weighted by molar-refractivity contribution is 8.76.